The molecule has 0 fully saturated rings. The molecule has 0 radical (unpaired) electrons. The number of carbonyl (C=O) groups excluding carboxylic acids is 1. The zero-order valence-corrected chi connectivity index (χ0v) is 11.1. The predicted octanol–water partition coefficient (Wildman–Crippen LogP) is 3.39. The maximum Gasteiger partial charge on any atom is 0.333 e. The van der Waals surface area contributed by atoms with Gasteiger partial charge in [-0.1, -0.05) is 18.2 Å². The quantitative estimate of drug-likeness (QED) is 0.519. The van der Waals surface area contributed by atoms with Crippen LogP contribution in [0.4, 0.5) is 5.69 Å². The number of hydrogen-bond donors (Lipinski definition) is 1. The van der Waals surface area contributed by atoms with Crippen LogP contribution in [0.1, 0.15) is 19.4 Å². The van der Waals surface area contributed by atoms with E-state index in [1.807, 2.05) is 42.5 Å². The number of anilines is 1. The number of benzene rings is 2. The summed E-state index contributed by atoms with van der Waals surface area (Å²) in [7, 11) is 0. The molecule has 2 aromatic carbocycles. The van der Waals surface area contributed by atoms with E-state index in [0.29, 0.717) is 12.2 Å². The van der Waals surface area contributed by atoms with Gasteiger partial charge >= 0.3 is 5.97 Å². The van der Waals surface area contributed by atoms with Crippen molar-refractivity contribution < 1.29 is 9.53 Å². The molecule has 0 aliphatic carbocycles. The van der Waals surface area contributed by atoms with E-state index in [9.17, 15) is 4.79 Å². The van der Waals surface area contributed by atoms with Gasteiger partial charge in [0, 0.05) is 11.3 Å². The molecule has 0 amide bonds. The number of fused-ring (bicyclic) bond motifs is 1. The first-order chi connectivity index (χ1) is 9.10. The number of esters is 1. The third kappa shape index (κ3) is 3.13. The van der Waals surface area contributed by atoms with E-state index in [0.717, 1.165) is 22.0 Å². The second-order valence-corrected chi connectivity index (χ2v) is 4.41. The molecule has 0 unspecified atom stereocenters. The van der Waals surface area contributed by atoms with Crippen LogP contribution in [0.25, 0.3) is 16.8 Å². The third-order valence-corrected chi connectivity index (χ3v) is 2.87. The van der Waals surface area contributed by atoms with Crippen LogP contribution in [0.3, 0.4) is 0 Å². The number of hydrogen-bond acceptors (Lipinski definition) is 3. The maximum atomic E-state index is 11.5. The van der Waals surface area contributed by atoms with Crippen molar-refractivity contribution in [2.75, 3.05) is 12.3 Å². The SMILES string of the molecule is CCOC(=O)C(C)=Cc1ccc2cc(N)ccc2c1. The monoisotopic (exact) mass is 255 g/mol. The normalized spacial score (nSPS) is 11.6. The van der Waals surface area contributed by atoms with Gasteiger partial charge in [0.25, 0.3) is 0 Å². The lowest BCUT2D eigenvalue weighted by atomic mass is 10.0. The fraction of sp³-hybridized carbons (Fsp3) is 0.188. The van der Waals surface area contributed by atoms with Crippen molar-refractivity contribution in [2.24, 2.45) is 0 Å². The predicted molar refractivity (Wildman–Crippen MR) is 78.6 cm³/mol. The minimum atomic E-state index is -0.278. The zero-order valence-electron chi connectivity index (χ0n) is 11.1. The van der Waals surface area contributed by atoms with Gasteiger partial charge in [-0.2, -0.15) is 0 Å². The molecule has 3 nitrogen and oxygen atoms in total. The smallest absolute Gasteiger partial charge is 0.333 e. The molecule has 0 atom stereocenters. The van der Waals surface area contributed by atoms with Gasteiger partial charge in [-0.3, -0.25) is 0 Å². The van der Waals surface area contributed by atoms with Crippen molar-refractivity contribution in [2.45, 2.75) is 13.8 Å². The lowest BCUT2D eigenvalue weighted by Gasteiger charge is -2.04. The molecule has 19 heavy (non-hydrogen) atoms. The summed E-state index contributed by atoms with van der Waals surface area (Å²) in [4.78, 5) is 11.5. The standard InChI is InChI=1S/C16H17NO2/c1-3-19-16(18)11(2)8-12-4-5-14-10-15(17)7-6-13(14)9-12/h4-10H,3,17H2,1-2H3. The van der Waals surface area contributed by atoms with E-state index >= 15 is 0 Å². The summed E-state index contributed by atoms with van der Waals surface area (Å²) in [5.41, 5.74) is 8.06. The highest BCUT2D eigenvalue weighted by Crippen LogP contribution is 2.20. The van der Waals surface area contributed by atoms with Crippen LogP contribution in [0.5, 0.6) is 0 Å². The van der Waals surface area contributed by atoms with Gasteiger partial charge in [0.15, 0.2) is 0 Å². The van der Waals surface area contributed by atoms with Crippen molar-refractivity contribution in [1.82, 2.24) is 0 Å². The minimum Gasteiger partial charge on any atom is -0.463 e. The first-order valence-electron chi connectivity index (χ1n) is 6.25. The number of rotatable bonds is 3. The van der Waals surface area contributed by atoms with Crippen LogP contribution in [-0.2, 0) is 9.53 Å². The average Bonchev–Trinajstić information content (AvgIpc) is 2.39. The molecule has 0 spiro atoms. The van der Waals surface area contributed by atoms with Gasteiger partial charge in [-0.15, -0.1) is 0 Å². The van der Waals surface area contributed by atoms with Crippen LogP contribution < -0.4 is 5.73 Å². The molecule has 0 bridgehead atoms. The fourth-order valence-electron chi connectivity index (χ4n) is 1.93. The van der Waals surface area contributed by atoms with Crippen molar-refractivity contribution in [3.8, 4) is 0 Å². The third-order valence-electron chi connectivity index (χ3n) is 2.87. The van der Waals surface area contributed by atoms with E-state index in [1.54, 1.807) is 13.8 Å². The second-order valence-electron chi connectivity index (χ2n) is 4.41. The molecule has 2 N–H and O–H groups in total. The molecule has 2 rings (SSSR count). The topological polar surface area (TPSA) is 52.3 Å². The molecule has 0 aliphatic rings. The number of nitrogens with two attached hydrogens (primary N) is 1. The maximum absolute atomic E-state index is 11.5. The van der Waals surface area contributed by atoms with Gasteiger partial charge in [-0.05, 0) is 54.5 Å². The van der Waals surface area contributed by atoms with Crippen LogP contribution in [-0.4, -0.2) is 12.6 Å². The molecule has 0 saturated heterocycles. The highest BCUT2D eigenvalue weighted by atomic mass is 16.5. The molecule has 0 aliphatic heterocycles. The molecule has 0 heterocycles. The molecule has 0 saturated carbocycles. The Labute approximate surface area is 112 Å². The summed E-state index contributed by atoms with van der Waals surface area (Å²) < 4.78 is 4.96. The van der Waals surface area contributed by atoms with Crippen molar-refractivity contribution in [3.63, 3.8) is 0 Å². The van der Waals surface area contributed by atoms with Crippen LogP contribution in [0, 0.1) is 0 Å². The summed E-state index contributed by atoms with van der Waals surface area (Å²) in [5.74, 6) is -0.278. The first kappa shape index (κ1) is 13.1. The van der Waals surface area contributed by atoms with Crippen LogP contribution in [0.2, 0.25) is 0 Å². The summed E-state index contributed by atoms with van der Waals surface area (Å²) in [5, 5.41) is 2.19. The Kier molecular flexibility index (Phi) is 3.85. The Balaban J connectivity index is 2.33. The molecule has 2 aromatic rings. The Morgan fingerprint density at radius 3 is 2.63 bits per heavy atom. The van der Waals surface area contributed by atoms with Gasteiger partial charge in [-0.25, -0.2) is 4.79 Å². The molecular formula is C16H17NO2. The van der Waals surface area contributed by atoms with Crippen molar-refractivity contribution in [3.05, 3.63) is 47.5 Å². The van der Waals surface area contributed by atoms with Crippen molar-refractivity contribution >= 4 is 28.5 Å². The number of ether oxygens (including phenoxy) is 1. The lowest BCUT2D eigenvalue weighted by molar-refractivity contribution is -0.138. The molecule has 98 valence electrons. The summed E-state index contributed by atoms with van der Waals surface area (Å²) >= 11 is 0. The summed E-state index contributed by atoms with van der Waals surface area (Å²) in [6.45, 7) is 3.94. The fourth-order valence-corrected chi connectivity index (χ4v) is 1.93. The number of nitrogen functional groups attached to an aromatic ring is 1. The van der Waals surface area contributed by atoms with Crippen LogP contribution in [0.15, 0.2) is 42.0 Å². The highest BCUT2D eigenvalue weighted by Gasteiger charge is 2.04. The average molecular weight is 255 g/mol. The largest absolute Gasteiger partial charge is 0.463 e. The molecule has 0 aromatic heterocycles. The van der Waals surface area contributed by atoms with Gasteiger partial charge in [0.2, 0.25) is 0 Å². The first-order valence-corrected chi connectivity index (χ1v) is 6.25. The number of carbonyl (C=O) groups is 1. The van der Waals surface area contributed by atoms with E-state index in [4.69, 9.17) is 10.5 Å². The van der Waals surface area contributed by atoms with Crippen molar-refractivity contribution in [1.29, 1.82) is 0 Å². The Hall–Kier alpha value is -2.29. The Morgan fingerprint density at radius 2 is 1.89 bits per heavy atom. The zero-order chi connectivity index (χ0) is 13.8. The van der Waals surface area contributed by atoms with E-state index in [-0.39, 0.29) is 5.97 Å². The van der Waals surface area contributed by atoms with E-state index < -0.39 is 0 Å². The Morgan fingerprint density at radius 1 is 1.21 bits per heavy atom. The minimum absolute atomic E-state index is 0.278. The second kappa shape index (κ2) is 5.57. The summed E-state index contributed by atoms with van der Waals surface area (Å²) in [6, 6.07) is 11.8. The van der Waals surface area contributed by atoms with Gasteiger partial charge < -0.3 is 10.5 Å². The van der Waals surface area contributed by atoms with Gasteiger partial charge in [0.05, 0.1) is 6.61 Å². The Bertz CT molecular complexity index is 644. The molecular weight excluding hydrogens is 238 g/mol. The lowest BCUT2D eigenvalue weighted by Crippen LogP contribution is -2.04. The molecule has 3 heteroatoms. The summed E-state index contributed by atoms with van der Waals surface area (Å²) in [6.07, 6.45) is 1.83. The van der Waals surface area contributed by atoms with E-state index in [2.05, 4.69) is 0 Å². The highest BCUT2D eigenvalue weighted by molar-refractivity contribution is 5.94. The van der Waals surface area contributed by atoms with Gasteiger partial charge in [0.1, 0.15) is 0 Å². The van der Waals surface area contributed by atoms with Crippen LogP contribution >= 0.6 is 0 Å². The van der Waals surface area contributed by atoms with E-state index in [1.165, 1.54) is 0 Å².